The molecule has 2 N–H and O–H groups in total. The maximum atomic E-state index is 5.19. The van der Waals surface area contributed by atoms with Crippen LogP contribution in [0.15, 0.2) is 24.3 Å². The number of hydrogen-bond acceptors (Lipinski definition) is 3. The maximum Gasteiger partial charge on any atom is 0.152 e. The lowest BCUT2D eigenvalue weighted by molar-refractivity contribution is 0.158. The van der Waals surface area contributed by atoms with Crippen LogP contribution in [-0.2, 0) is 6.42 Å². The molecule has 1 aliphatic heterocycles. The first-order valence-corrected chi connectivity index (χ1v) is 3.69. The molecule has 0 saturated carbocycles. The second-order valence-corrected chi connectivity index (χ2v) is 2.49. The van der Waals surface area contributed by atoms with Gasteiger partial charge in [0, 0.05) is 6.54 Å². The molecule has 0 aromatic heterocycles. The summed E-state index contributed by atoms with van der Waals surface area (Å²) in [5, 5.41) is 0. The summed E-state index contributed by atoms with van der Waals surface area (Å²) in [6.07, 6.45) is 1.00. The van der Waals surface area contributed by atoms with Crippen LogP contribution in [0.25, 0.3) is 0 Å². The van der Waals surface area contributed by atoms with Crippen molar-refractivity contribution in [2.24, 2.45) is 0 Å². The van der Waals surface area contributed by atoms with Crippen molar-refractivity contribution in [3.8, 4) is 5.75 Å². The summed E-state index contributed by atoms with van der Waals surface area (Å²) in [6.45, 7) is 0.900. The fourth-order valence-corrected chi connectivity index (χ4v) is 1.15. The summed E-state index contributed by atoms with van der Waals surface area (Å²) >= 11 is 0. The van der Waals surface area contributed by atoms with Crippen molar-refractivity contribution in [3.63, 3.8) is 0 Å². The summed E-state index contributed by atoms with van der Waals surface area (Å²) in [6, 6.07) is 8.01. The van der Waals surface area contributed by atoms with Crippen molar-refractivity contribution in [3.05, 3.63) is 29.8 Å². The molecule has 0 bridgehead atoms. The van der Waals surface area contributed by atoms with Crippen LogP contribution in [0.1, 0.15) is 5.56 Å². The molecule has 3 nitrogen and oxygen atoms in total. The second kappa shape index (κ2) is 2.90. The van der Waals surface area contributed by atoms with Crippen LogP contribution in [-0.4, -0.2) is 6.54 Å². The zero-order valence-corrected chi connectivity index (χ0v) is 6.13. The Labute approximate surface area is 65.3 Å². The molecule has 0 spiro atoms. The van der Waals surface area contributed by atoms with Gasteiger partial charge in [0.15, 0.2) is 5.75 Å². The van der Waals surface area contributed by atoms with Crippen LogP contribution >= 0.6 is 0 Å². The molecule has 0 fully saturated rings. The molecular formula is C8H10N2O. The molecule has 1 aliphatic rings. The summed E-state index contributed by atoms with van der Waals surface area (Å²) in [7, 11) is 0. The standard InChI is InChI=1S/C8H10N2O/c1-2-4-8-7(3-1)5-6-9-10-11-8/h1-4,9-10H,5-6H2. The third kappa shape index (κ3) is 1.34. The van der Waals surface area contributed by atoms with E-state index in [0.717, 1.165) is 18.7 Å². The molecule has 1 heterocycles. The highest BCUT2D eigenvalue weighted by atomic mass is 16.7. The Kier molecular flexibility index (Phi) is 1.75. The number of hydrazine groups is 1. The lowest BCUT2D eigenvalue weighted by Gasteiger charge is -2.03. The van der Waals surface area contributed by atoms with Gasteiger partial charge in [-0.15, -0.1) is 0 Å². The molecule has 0 unspecified atom stereocenters. The van der Waals surface area contributed by atoms with Gasteiger partial charge in [-0.1, -0.05) is 23.8 Å². The molecule has 0 saturated heterocycles. The molecule has 2 rings (SSSR count). The van der Waals surface area contributed by atoms with E-state index in [-0.39, 0.29) is 0 Å². The van der Waals surface area contributed by atoms with E-state index in [4.69, 9.17) is 4.84 Å². The Hall–Kier alpha value is -1.06. The maximum absolute atomic E-state index is 5.19. The molecule has 11 heavy (non-hydrogen) atoms. The van der Waals surface area contributed by atoms with E-state index in [1.165, 1.54) is 5.56 Å². The van der Waals surface area contributed by atoms with Gasteiger partial charge >= 0.3 is 0 Å². The first-order chi connectivity index (χ1) is 5.47. The Balaban J connectivity index is 2.33. The van der Waals surface area contributed by atoms with Crippen LogP contribution in [0, 0.1) is 0 Å². The average Bonchev–Trinajstić information content (AvgIpc) is 2.28. The number of hydrogen-bond donors (Lipinski definition) is 2. The van der Waals surface area contributed by atoms with Crippen LogP contribution < -0.4 is 15.9 Å². The first-order valence-electron chi connectivity index (χ1n) is 3.69. The Morgan fingerprint density at radius 3 is 3.18 bits per heavy atom. The highest BCUT2D eigenvalue weighted by Crippen LogP contribution is 2.17. The van der Waals surface area contributed by atoms with Crippen molar-refractivity contribution in [1.29, 1.82) is 0 Å². The number of benzene rings is 1. The van der Waals surface area contributed by atoms with Gasteiger partial charge < -0.3 is 4.84 Å². The van der Waals surface area contributed by atoms with Crippen molar-refractivity contribution < 1.29 is 4.84 Å². The zero-order chi connectivity index (χ0) is 7.52. The summed E-state index contributed by atoms with van der Waals surface area (Å²) < 4.78 is 0. The van der Waals surface area contributed by atoms with Gasteiger partial charge in [0.25, 0.3) is 0 Å². The van der Waals surface area contributed by atoms with Crippen LogP contribution in [0.2, 0.25) is 0 Å². The quantitative estimate of drug-likeness (QED) is 0.569. The van der Waals surface area contributed by atoms with E-state index >= 15 is 0 Å². The molecule has 58 valence electrons. The third-order valence-electron chi connectivity index (χ3n) is 1.73. The molecule has 0 aliphatic carbocycles. The predicted octanol–water partition coefficient (Wildman–Crippen LogP) is 0.631. The molecule has 1 aromatic rings. The smallest absolute Gasteiger partial charge is 0.152 e. The number of nitrogens with one attached hydrogen (secondary N) is 2. The number of fused-ring (bicyclic) bond motifs is 1. The average molecular weight is 150 g/mol. The van der Waals surface area contributed by atoms with Gasteiger partial charge in [-0.2, -0.15) is 0 Å². The van der Waals surface area contributed by atoms with E-state index in [1.54, 1.807) is 0 Å². The van der Waals surface area contributed by atoms with E-state index < -0.39 is 0 Å². The van der Waals surface area contributed by atoms with Crippen LogP contribution in [0.4, 0.5) is 0 Å². The lowest BCUT2D eigenvalue weighted by Crippen LogP contribution is -2.33. The molecule has 1 aromatic carbocycles. The monoisotopic (exact) mass is 150 g/mol. The Bertz CT molecular complexity index is 225. The Morgan fingerprint density at radius 2 is 2.18 bits per heavy atom. The van der Waals surface area contributed by atoms with Gasteiger partial charge in [-0.05, 0) is 18.1 Å². The number of para-hydroxylation sites is 1. The molecule has 0 amide bonds. The van der Waals surface area contributed by atoms with Gasteiger partial charge in [-0.3, -0.25) is 0 Å². The SMILES string of the molecule is c1ccc2c(c1)CCNNO2. The van der Waals surface area contributed by atoms with Crippen LogP contribution in [0.5, 0.6) is 5.75 Å². The molecular weight excluding hydrogens is 140 g/mol. The summed E-state index contributed by atoms with van der Waals surface area (Å²) in [5.74, 6) is 0.914. The second-order valence-electron chi connectivity index (χ2n) is 2.49. The van der Waals surface area contributed by atoms with E-state index in [1.807, 2.05) is 18.2 Å². The van der Waals surface area contributed by atoms with Gasteiger partial charge in [0.1, 0.15) is 0 Å². The van der Waals surface area contributed by atoms with Crippen molar-refractivity contribution in [1.82, 2.24) is 11.0 Å². The largest absolute Gasteiger partial charge is 0.394 e. The minimum Gasteiger partial charge on any atom is -0.394 e. The summed E-state index contributed by atoms with van der Waals surface area (Å²) in [5.41, 5.74) is 6.82. The molecule has 0 radical (unpaired) electrons. The summed E-state index contributed by atoms with van der Waals surface area (Å²) in [4.78, 5) is 5.19. The third-order valence-corrected chi connectivity index (χ3v) is 1.73. The minimum atomic E-state index is 0.900. The number of rotatable bonds is 0. The van der Waals surface area contributed by atoms with Gasteiger partial charge in [0.05, 0.1) is 0 Å². The fourth-order valence-electron chi connectivity index (χ4n) is 1.15. The fraction of sp³-hybridized carbons (Fsp3) is 0.250. The lowest BCUT2D eigenvalue weighted by atomic mass is 10.1. The highest BCUT2D eigenvalue weighted by molar-refractivity contribution is 5.33. The highest BCUT2D eigenvalue weighted by Gasteiger charge is 2.05. The van der Waals surface area contributed by atoms with Crippen LogP contribution in [0.3, 0.4) is 0 Å². The van der Waals surface area contributed by atoms with E-state index in [9.17, 15) is 0 Å². The van der Waals surface area contributed by atoms with Crippen molar-refractivity contribution in [2.75, 3.05) is 6.54 Å². The molecule has 3 heteroatoms. The van der Waals surface area contributed by atoms with Crippen molar-refractivity contribution in [2.45, 2.75) is 6.42 Å². The minimum absolute atomic E-state index is 0.900. The Morgan fingerprint density at radius 1 is 1.27 bits per heavy atom. The normalized spacial score (nSPS) is 16.4. The van der Waals surface area contributed by atoms with E-state index in [2.05, 4.69) is 17.1 Å². The first kappa shape index (κ1) is 6.64. The van der Waals surface area contributed by atoms with Gasteiger partial charge in [-0.25, -0.2) is 5.43 Å². The van der Waals surface area contributed by atoms with Gasteiger partial charge in [0.2, 0.25) is 0 Å². The van der Waals surface area contributed by atoms with Crippen molar-refractivity contribution >= 4 is 0 Å². The topological polar surface area (TPSA) is 33.3 Å². The predicted molar refractivity (Wildman–Crippen MR) is 41.9 cm³/mol. The van der Waals surface area contributed by atoms with E-state index in [0.29, 0.717) is 0 Å². The zero-order valence-electron chi connectivity index (χ0n) is 6.13. The molecule has 0 atom stereocenters.